The minimum absolute atomic E-state index is 0.0306. The van der Waals surface area contributed by atoms with E-state index >= 15 is 0 Å². The molecule has 1 N–H and O–H groups in total. The van der Waals surface area contributed by atoms with Gasteiger partial charge in [-0.15, -0.1) is 0 Å². The standard InChI is InChI=1S/C17H11F3N2O3/c18-11-5-4-9(8-13(11)20)15(23)21-6-7-22-16(24)10-2-1-3-12(19)14(10)17(22)25/h1-5,8H,6-7H2,(H,21,23). The quantitative estimate of drug-likeness (QED) is 0.861. The van der Waals surface area contributed by atoms with E-state index in [1.807, 2.05) is 0 Å². The number of hydrogen-bond donors (Lipinski definition) is 1. The highest BCUT2D eigenvalue weighted by Gasteiger charge is 2.37. The van der Waals surface area contributed by atoms with Crippen LogP contribution >= 0.6 is 0 Å². The van der Waals surface area contributed by atoms with Gasteiger partial charge in [-0.05, 0) is 30.3 Å². The van der Waals surface area contributed by atoms with E-state index in [0.29, 0.717) is 0 Å². The van der Waals surface area contributed by atoms with Crippen LogP contribution in [-0.2, 0) is 0 Å². The van der Waals surface area contributed by atoms with Crippen molar-refractivity contribution in [2.24, 2.45) is 0 Å². The SMILES string of the molecule is O=C(NCCN1C(=O)c2cccc(F)c2C1=O)c1ccc(F)c(F)c1. The summed E-state index contributed by atoms with van der Waals surface area (Å²) in [6.07, 6.45) is 0. The number of rotatable bonds is 4. The molecule has 8 heteroatoms. The van der Waals surface area contributed by atoms with E-state index in [9.17, 15) is 27.6 Å². The fraction of sp³-hybridized carbons (Fsp3) is 0.118. The van der Waals surface area contributed by atoms with E-state index < -0.39 is 35.2 Å². The Morgan fingerprint density at radius 1 is 0.960 bits per heavy atom. The lowest BCUT2D eigenvalue weighted by atomic mass is 10.1. The topological polar surface area (TPSA) is 66.5 Å². The molecule has 2 aromatic carbocycles. The lowest BCUT2D eigenvalue weighted by Gasteiger charge is -2.14. The summed E-state index contributed by atoms with van der Waals surface area (Å²) >= 11 is 0. The minimum Gasteiger partial charge on any atom is -0.350 e. The molecule has 0 spiro atoms. The Bertz CT molecular complexity index is 899. The van der Waals surface area contributed by atoms with E-state index in [2.05, 4.69) is 5.32 Å². The number of fused-ring (bicyclic) bond motifs is 1. The third kappa shape index (κ3) is 2.98. The van der Waals surface area contributed by atoms with E-state index in [0.717, 1.165) is 29.2 Å². The summed E-state index contributed by atoms with van der Waals surface area (Å²) in [6.45, 7) is -0.299. The van der Waals surface area contributed by atoms with Gasteiger partial charge in [0.2, 0.25) is 0 Å². The lowest BCUT2D eigenvalue weighted by molar-refractivity contribution is 0.0648. The van der Waals surface area contributed by atoms with E-state index in [1.54, 1.807) is 0 Å². The number of carbonyl (C=O) groups excluding carboxylic acids is 3. The number of nitrogens with one attached hydrogen (secondary N) is 1. The Labute approximate surface area is 140 Å². The summed E-state index contributed by atoms with van der Waals surface area (Å²) < 4.78 is 39.7. The number of halogens is 3. The Hall–Kier alpha value is -3.16. The molecule has 1 aliphatic rings. The number of benzene rings is 2. The van der Waals surface area contributed by atoms with Crippen molar-refractivity contribution >= 4 is 17.7 Å². The summed E-state index contributed by atoms with van der Waals surface area (Å²) in [4.78, 5) is 36.9. The highest BCUT2D eigenvalue weighted by atomic mass is 19.2. The zero-order chi connectivity index (χ0) is 18.1. The van der Waals surface area contributed by atoms with Crippen LogP contribution in [0.4, 0.5) is 13.2 Å². The molecule has 1 aliphatic heterocycles. The number of amides is 3. The molecule has 0 aliphatic carbocycles. The van der Waals surface area contributed by atoms with Crippen LogP contribution in [0, 0.1) is 17.5 Å². The highest BCUT2D eigenvalue weighted by molar-refractivity contribution is 6.21. The first-order valence-corrected chi connectivity index (χ1v) is 7.28. The molecular weight excluding hydrogens is 337 g/mol. The summed E-state index contributed by atoms with van der Waals surface area (Å²) in [5.74, 6) is -5.15. The van der Waals surface area contributed by atoms with Crippen LogP contribution in [0.3, 0.4) is 0 Å². The average Bonchev–Trinajstić information content (AvgIpc) is 2.83. The van der Waals surface area contributed by atoms with Gasteiger partial charge in [0, 0.05) is 18.7 Å². The van der Waals surface area contributed by atoms with Gasteiger partial charge in [0.05, 0.1) is 11.1 Å². The van der Waals surface area contributed by atoms with Gasteiger partial charge in [0.15, 0.2) is 11.6 Å². The van der Waals surface area contributed by atoms with Crippen molar-refractivity contribution in [1.29, 1.82) is 0 Å². The predicted octanol–water partition coefficient (Wildman–Crippen LogP) is 2.13. The molecule has 0 atom stereocenters. The maximum atomic E-state index is 13.7. The summed E-state index contributed by atoms with van der Waals surface area (Å²) in [7, 11) is 0. The number of imide groups is 1. The van der Waals surface area contributed by atoms with E-state index in [-0.39, 0.29) is 29.8 Å². The molecule has 5 nitrogen and oxygen atoms in total. The first-order valence-electron chi connectivity index (χ1n) is 7.28. The maximum absolute atomic E-state index is 13.7. The van der Waals surface area contributed by atoms with Crippen LogP contribution in [0.5, 0.6) is 0 Å². The zero-order valence-corrected chi connectivity index (χ0v) is 12.7. The molecule has 0 radical (unpaired) electrons. The first-order chi connectivity index (χ1) is 11.9. The molecule has 3 rings (SSSR count). The van der Waals surface area contributed by atoms with Gasteiger partial charge in [0.25, 0.3) is 17.7 Å². The van der Waals surface area contributed by atoms with Crippen LogP contribution in [0.2, 0.25) is 0 Å². The van der Waals surface area contributed by atoms with Crippen LogP contribution in [0.25, 0.3) is 0 Å². The monoisotopic (exact) mass is 348 g/mol. The second-order valence-corrected chi connectivity index (χ2v) is 5.31. The van der Waals surface area contributed by atoms with Gasteiger partial charge < -0.3 is 5.32 Å². The number of carbonyl (C=O) groups is 3. The molecule has 25 heavy (non-hydrogen) atoms. The van der Waals surface area contributed by atoms with Gasteiger partial charge in [-0.1, -0.05) is 6.07 Å². The summed E-state index contributed by atoms with van der Waals surface area (Å²) in [5.41, 5.74) is -0.427. The van der Waals surface area contributed by atoms with E-state index in [1.165, 1.54) is 12.1 Å². The largest absolute Gasteiger partial charge is 0.350 e. The molecule has 1 heterocycles. The molecular formula is C17H11F3N2O3. The van der Waals surface area contributed by atoms with Crippen molar-refractivity contribution in [3.05, 3.63) is 70.5 Å². The minimum atomic E-state index is -1.16. The van der Waals surface area contributed by atoms with Crippen molar-refractivity contribution in [3.63, 3.8) is 0 Å². The van der Waals surface area contributed by atoms with Crippen LogP contribution in [-0.4, -0.2) is 35.7 Å². The molecule has 0 saturated carbocycles. The first kappa shape index (κ1) is 16.7. The van der Waals surface area contributed by atoms with Crippen molar-refractivity contribution in [2.75, 3.05) is 13.1 Å². The third-order valence-corrected chi connectivity index (χ3v) is 3.75. The average molecular weight is 348 g/mol. The van der Waals surface area contributed by atoms with Gasteiger partial charge in [-0.25, -0.2) is 13.2 Å². The van der Waals surface area contributed by atoms with Gasteiger partial charge in [-0.2, -0.15) is 0 Å². The third-order valence-electron chi connectivity index (χ3n) is 3.75. The maximum Gasteiger partial charge on any atom is 0.264 e. The highest BCUT2D eigenvalue weighted by Crippen LogP contribution is 2.24. The Morgan fingerprint density at radius 2 is 1.72 bits per heavy atom. The normalized spacial score (nSPS) is 13.2. The molecule has 3 amide bonds. The Balaban J connectivity index is 1.64. The van der Waals surface area contributed by atoms with Crippen LogP contribution < -0.4 is 5.32 Å². The Kier molecular flexibility index (Phi) is 4.26. The van der Waals surface area contributed by atoms with Gasteiger partial charge >= 0.3 is 0 Å². The van der Waals surface area contributed by atoms with Gasteiger partial charge in [0.1, 0.15) is 5.82 Å². The summed E-state index contributed by atoms with van der Waals surface area (Å²) in [6, 6.07) is 6.41. The molecule has 2 aromatic rings. The molecule has 0 aromatic heterocycles. The van der Waals surface area contributed by atoms with Crippen molar-refractivity contribution in [1.82, 2.24) is 10.2 Å². The second-order valence-electron chi connectivity index (χ2n) is 5.31. The fourth-order valence-electron chi connectivity index (χ4n) is 2.52. The zero-order valence-electron chi connectivity index (χ0n) is 12.7. The molecule has 0 bridgehead atoms. The van der Waals surface area contributed by atoms with Crippen LogP contribution in [0.15, 0.2) is 36.4 Å². The molecule has 0 saturated heterocycles. The second kappa shape index (κ2) is 6.39. The predicted molar refractivity (Wildman–Crippen MR) is 80.5 cm³/mol. The van der Waals surface area contributed by atoms with E-state index in [4.69, 9.17) is 0 Å². The Morgan fingerprint density at radius 3 is 2.40 bits per heavy atom. The van der Waals surface area contributed by atoms with Crippen molar-refractivity contribution in [2.45, 2.75) is 0 Å². The smallest absolute Gasteiger partial charge is 0.264 e. The summed E-state index contributed by atoms with van der Waals surface area (Å²) in [5, 5.41) is 2.39. The van der Waals surface area contributed by atoms with Crippen molar-refractivity contribution < 1.29 is 27.6 Å². The van der Waals surface area contributed by atoms with Crippen LogP contribution in [0.1, 0.15) is 31.1 Å². The lowest BCUT2D eigenvalue weighted by Crippen LogP contribution is -2.38. The molecule has 0 fully saturated rings. The number of hydrogen-bond acceptors (Lipinski definition) is 3. The molecule has 0 unspecified atom stereocenters. The van der Waals surface area contributed by atoms with Crippen molar-refractivity contribution in [3.8, 4) is 0 Å². The fourth-order valence-corrected chi connectivity index (χ4v) is 2.52. The molecule has 128 valence electrons. The van der Waals surface area contributed by atoms with Gasteiger partial charge in [-0.3, -0.25) is 19.3 Å². The number of nitrogens with zero attached hydrogens (tertiary/aromatic N) is 1.